The van der Waals surface area contributed by atoms with Crippen LogP contribution in [-0.4, -0.2) is 40.9 Å². The van der Waals surface area contributed by atoms with Crippen LogP contribution in [0.1, 0.15) is 55.4 Å². The van der Waals surface area contributed by atoms with Crippen molar-refractivity contribution in [3.05, 3.63) is 0 Å². The summed E-state index contributed by atoms with van der Waals surface area (Å²) in [5.74, 6) is -0.550. The Bertz CT molecular complexity index is 342. The number of esters is 1. The lowest BCUT2D eigenvalue weighted by Gasteiger charge is -2.39. The van der Waals surface area contributed by atoms with Crippen LogP contribution in [0.15, 0.2) is 0 Å². The SMILES string of the molecule is CCOC(=O)C(C)OC(=O)N(NC(C)(C)C)C(C)(C)C. The summed E-state index contributed by atoms with van der Waals surface area (Å²) in [4.78, 5) is 23.7. The molecule has 0 rings (SSSR count). The smallest absolute Gasteiger partial charge is 0.425 e. The van der Waals surface area contributed by atoms with Gasteiger partial charge in [0.05, 0.1) is 12.1 Å². The fourth-order valence-corrected chi connectivity index (χ4v) is 1.33. The normalized spacial score (nSPS) is 13.6. The largest absolute Gasteiger partial charge is 0.463 e. The molecule has 0 saturated heterocycles. The fourth-order valence-electron chi connectivity index (χ4n) is 1.33. The van der Waals surface area contributed by atoms with Crippen LogP contribution < -0.4 is 5.43 Å². The highest BCUT2D eigenvalue weighted by Gasteiger charge is 2.33. The molecule has 118 valence electrons. The molecule has 1 unspecified atom stereocenters. The molecule has 1 N–H and O–H groups in total. The van der Waals surface area contributed by atoms with Crippen molar-refractivity contribution in [3.8, 4) is 0 Å². The minimum Gasteiger partial charge on any atom is -0.463 e. The van der Waals surface area contributed by atoms with E-state index in [0.29, 0.717) is 0 Å². The molecule has 20 heavy (non-hydrogen) atoms. The molecule has 0 aliphatic heterocycles. The Hall–Kier alpha value is -1.30. The number of carbonyl (C=O) groups excluding carboxylic acids is 2. The topological polar surface area (TPSA) is 67.9 Å². The maximum Gasteiger partial charge on any atom is 0.425 e. The second kappa shape index (κ2) is 6.92. The Kier molecular flexibility index (Phi) is 6.47. The molecule has 0 aromatic carbocycles. The first-order valence-electron chi connectivity index (χ1n) is 6.83. The van der Waals surface area contributed by atoms with Crippen LogP contribution in [0.2, 0.25) is 0 Å². The molecule has 0 aliphatic rings. The number of hydrogen-bond donors (Lipinski definition) is 1. The molecule has 1 atom stereocenters. The predicted molar refractivity (Wildman–Crippen MR) is 77.1 cm³/mol. The van der Waals surface area contributed by atoms with Crippen molar-refractivity contribution in [2.75, 3.05) is 6.61 Å². The molecule has 0 heterocycles. The molecule has 0 aromatic rings. The van der Waals surface area contributed by atoms with Crippen molar-refractivity contribution in [2.24, 2.45) is 0 Å². The van der Waals surface area contributed by atoms with Gasteiger partial charge in [-0.3, -0.25) is 0 Å². The first-order valence-corrected chi connectivity index (χ1v) is 6.83. The van der Waals surface area contributed by atoms with E-state index < -0.39 is 23.7 Å². The van der Waals surface area contributed by atoms with E-state index in [-0.39, 0.29) is 12.1 Å². The number of hydrazine groups is 1. The molecular formula is C14H28N2O4. The molecule has 0 saturated carbocycles. The predicted octanol–water partition coefficient (Wildman–Crippen LogP) is 2.48. The zero-order valence-corrected chi connectivity index (χ0v) is 13.9. The standard InChI is InChI=1S/C14H28N2O4/c1-9-19-11(17)10(2)20-12(18)16(14(6,7)8)15-13(3,4)5/h10,15H,9H2,1-8H3. The van der Waals surface area contributed by atoms with E-state index in [1.165, 1.54) is 11.9 Å². The van der Waals surface area contributed by atoms with Crippen LogP contribution in [0, 0.1) is 0 Å². The van der Waals surface area contributed by atoms with E-state index in [2.05, 4.69) is 5.43 Å². The number of nitrogens with zero attached hydrogens (tertiary/aromatic N) is 1. The van der Waals surface area contributed by atoms with Crippen molar-refractivity contribution in [1.82, 2.24) is 10.4 Å². The summed E-state index contributed by atoms with van der Waals surface area (Å²) >= 11 is 0. The first kappa shape index (κ1) is 18.7. The van der Waals surface area contributed by atoms with Gasteiger partial charge in [0, 0.05) is 5.54 Å². The summed E-state index contributed by atoms with van der Waals surface area (Å²) in [6.07, 6.45) is -1.54. The van der Waals surface area contributed by atoms with Gasteiger partial charge in [0.2, 0.25) is 0 Å². The third kappa shape index (κ3) is 6.75. The van der Waals surface area contributed by atoms with Crippen molar-refractivity contribution < 1.29 is 19.1 Å². The number of ether oxygens (including phenoxy) is 2. The molecule has 0 spiro atoms. The van der Waals surface area contributed by atoms with Crippen LogP contribution >= 0.6 is 0 Å². The van der Waals surface area contributed by atoms with Crippen LogP contribution in [0.4, 0.5) is 4.79 Å². The summed E-state index contributed by atoms with van der Waals surface area (Å²) in [6.45, 7) is 14.9. The number of hydrogen-bond acceptors (Lipinski definition) is 5. The summed E-state index contributed by atoms with van der Waals surface area (Å²) in [6, 6.07) is 0. The van der Waals surface area contributed by atoms with Crippen LogP contribution in [0.5, 0.6) is 0 Å². The maximum absolute atomic E-state index is 12.2. The van der Waals surface area contributed by atoms with Gasteiger partial charge in [0.15, 0.2) is 6.10 Å². The Balaban J connectivity index is 4.85. The molecule has 1 amide bonds. The van der Waals surface area contributed by atoms with E-state index >= 15 is 0 Å². The zero-order valence-electron chi connectivity index (χ0n) is 13.9. The molecule has 0 bridgehead atoms. The van der Waals surface area contributed by atoms with Gasteiger partial charge in [0.1, 0.15) is 0 Å². The summed E-state index contributed by atoms with van der Waals surface area (Å²) < 4.78 is 9.96. The highest BCUT2D eigenvalue weighted by molar-refractivity contribution is 5.78. The van der Waals surface area contributed by atoms with Crippen LogP contribution in [0.25, 0.3) is 0 Å². The Morgan fingerprint density at radius 2 is 1.65 bits per heavy atom. The number of nitrogens with one attached hydrogen (secondary N) is 1. The van der Waals surface area contributed by atoms with Crippen LogP contribution in [0.3, 0.4) is 0 Å². The van der Waals surface area contributed by atoms with Crippen LogP contribution in [-0.2, 0) is 14.3 Å². The van der Waals surface area contributed by atoms with E-state index in [9.17, 15) is 9.59 Å². The van der Waals surface area contributed by atoms with E-state index in [1.807, 2.05) is 41.5 Å². The van der Waals surface area contributed by atoms with Gasteiger partial charge in [-0.1, -0.05) is 0 Å². The third-order valence-electron chi connectivity index (χ3n) is 2.20. The van der Waals surface area contributed by atoms with Crippen molar-refractivity contribution in [1.29, 1.82) is 0 Å². The van der Waals surface area contributed by atoms with E-state index in [4.69, 9.17) is 9.47 Å². The summed E-state index contributed by atoms with van der Waals surface area (Å²) in [5.41, 5.74) is 2.29. The summed E-state index contributed by atoms with van der Waals surface area (Å²) in [7, 11) is 0. The third-order valence-corrected chi connectivity index (χ3v) is 2.20. The maximum atomic E-state index is 12.2. The highest BCUT2D eigenvalue weighted by Crippen LogP contribution is 2.16. The molecule has 0 radical (unpaired) electrons. The zero-order chi connectivity index (χ0) is 16.1. The Morgan fingerprint density at radius 3 is 2.00 bits per heavy atom. The first-order chi connectivity index (χ1) is 8.88. The second-order valence-electron chi connectivity index (χ2n) is 6.65. The monoisotopic (exact) mass is 288 g/mol. The number of amides is 1. The van der Waals surface area contributed by atoms with Crippen molar-refractivity contribution in [2.45, 2.75) is 72.6 Å². The average Bonchev–Trinajstić information content (AvgIpc) is 2.23. The van der Waals surface area contributed by atoms with E-state index in [1.54, 1.807) is 6.92 Å². The lowest BCUT2D eigenvalue weighted by atomic mass is 10.1. The summed E-state index contributed by atoms with van der Waals surface area (Å²) in [5, 5.41) is 1.39. The lowest BCUT2D eigenvalue weighted by Crippen LogP contribution is -2.60. The van der Waals surface area contributed by atoms with Crippen molar-refractivity contribution >= 4 is 12.1 Å². The minimum atomic E-state index is -0.936. The van der Waals surface area contributed by atoms with Gasteiger partial charge < -0.3 is 9.47 Å². The van der Waals surface area contributed by atoms with Gasteiger partial charge in [-0.2, -0.15) is 0 Å². The van der Waals surface area contributed by atoms with Gasteiger partial charge >= 0.3 is 12.1 Å². The Morgan fingerprint density at radius 1 is 1.15 bits per heavy atom. The minimum absolute atomic E-state index is 0.254. The lowest BCUT2D eigenvalue weighted by molar-refractivity contribution is -0.153. The Labute approximate surface area is 121 Å². The van der Waals surface area contributed by atoms with Gasteiger partial charge in [-0.25, -0.2) is 20.0 Å². The fraction of sp³-hybridized carbons (Fsp3) is 0.857. The molecule has 0 aliphatic carbocycles. The molecule has 6 heteroatoms. The van der Waals surface area contributed by atoms with E-state index in [0.717, 1.165) is 0 Å². The molecule has 0 fully saturated rings. The quantitative estimate of drug-likeness (QED) is 0.636. The highest BCUT2D eigenvalue weighted by atomic mass is 16.6. The van der Waals surface area contributed by atoms with Crippen molar-refractivity contribution in [3.63, 3.8) is 0 Å². The molecular weight excluding hydrogens is 260 g/mol. The van der Waals surface area contributed by atoms with Gasteiger partial charge in [0.25, 0.3) is 0 Å². The number of rotatable bonds is 4. The average molecular weight is 288 g/mol. The second-order valence-corrected chi connectivity index (χ2v) is 6.65. The molecule has 0 aromatic heterocycles. The van der Waals surface area contributed by atoms with Gasteiger partial charge in [-0.15, -0.1) is 0 Å². The van der Waals surface area contributed by atoms with Gasteiger partial charge in [-0.05, 0) is 55.4 Å². The number of carbonyl (C=O) groups is 2. The molecule has 6 nitrogen and oxygen atoms in total.